The van der Waals surface area contributed by atoms with Gasteiger partial charge < -0.3 is 11.1 Å². The molecule has 0 bridgehead atoms. The highest BCUT2D eigenvalue weighted by molar-refractivity contribution is 9.10. The summed E-state index contributed by atoms with van der Waals surface area (Å²) in [5.74, 6) is -0.0836. The van der Waals surface area contributed by atoms with Gasteiger partial charge in [0.1, 0.15) is 0 Å². The van der Waals surface area contributed by atoms with Crippen LogP contribution in [-0.4, -0.2) is 5.91 Å². The summed E-state index contributed by atoms with van der Waals surface area (Å²) in [5.41, 5.74) is 9.43. The van der Waals surface area contributed by atoms with Crippen LogP contribution in [0.1, 0.15) is 27.0 Å². The first-order valence-electron chi connectivity index (χ1n) is 6.42. The molecule has 0 atom stereocenters. The first-order chi connectivity index (χ1) is 9.60. The number of nitrogens with two attached hydrogens (primary N) is 1. The van der Waals surface area contributed by atoms with Gasteiger partial charge in [-0.3, -0.25) is 4.79 Å². The molecule has 0 aliphatic heterocycles. The topological polar surface area (TPSA) is 55.1 Å². The second-order valence-electron chi connectivity index (χ2n) is 4.66. The predicted octanol–water partition coefficient (Wildman–Crippen LogP) is 3.15. The van der Waals surface area contributed by atoms with Gasteiger partial charge in [-0.15, -0.1) is 0 Å². The van der Waals surface area contributed by atoms with Crippen LogP contribution in [0.3, 0.4) is 0 Å². The number of halogens is 1. The Labute approximate surface area is 127 Å². The molecule has 2 aromatic rings. The molecule has 0 fully saturated rings. The van der Waals surface area contributed by atoms with E-state index in [1.807, 2.05) is 43.3 Å². The summed E-state index contributed by atoms with van der Waals surface area (Å²) in [4.78, 5) is 12.1. The minimum atomic E-state index is -0.0836. The van der Waals surface area contributed by atoms with Crippen molar-refractivity contribution in [1.29, 1.82) is 0 Å². The molecule has 0 saturated carbocycles. The van der Waals surface area contributed by atoms with Crippen molar-refractivity contribution in [3.05, 3.63) is 69.2 Å². The molecule has 4 heteroatoms. The second kappa shape index (κ2) is 6.68. The number of hydrogen-bond donors (Lipinski definition) is 2. The van der Waals surface area contributed by atoms with Gasteiger partial charge in [0.25, 0.3) is 5.91 Å². The Morgan fingerprint density at radius 3 is 2.80 bits per heavy atom. The lowest BCUT2D eigenvalue weighted by atomic mass is 10.1. The molecule has 0 aliphatic rings. The molecule has 0 spiro atoms. The van der Waals surface area contributed by atoms with Gasteiger partial charge in [-0.1, -0.05) is 34.1 Å². The Morgan fingerprint density at radius 1 is 1.25 bits per heavy atom. The predicted molar refractivity (Wildman–Crippen MR) is 84.4 cm³/mol. The van der Waals surface area contributed by atoms with E-state index in [1.54, 1.807) is 6.07 Å². The van der Waals surface area contributed by atoms with Crippen molar-refractivity contribution in [2.75, 3.05) is 0 Å². The Balaban J connectivity index is 2.06. The van der Waals surface area contributed by atoms with Crippen molar-refractivity contribution in [3.63, 3.8) is 0 Å². The summed E-state index contributed by atoms with van der Waals surface area (Å²) in [7, 11) is 0. The maximum atomic E-state index is 12.1. The minimum Gasteiger partial charge on any atom is -0.348 e. The van der Waals surface area contributed by atoms with Crippen molar-refractivity contribution >= 4 is 21.8 Å². The van der Waals surface area contributed by atoms with Gasteiger partial charge >= 0.3 is 0 Å². The highest BCUT2D eigenvalue weighted by atomic mass is 79.9. The van der Waals surface area contributed by atoms with E-state index in [2.05, 4.69) is 21.2 Å². The first-order valence-corrected chi connectivity index (χ1v) is 7.21. The molecule has 3 N–H and O–H groups in total. The van der Waals surface area contributed by atoms with Gasteiger partial charge in [-0.2, -0.15) is 0 Å². The Bertz CT molecular complexity index is 626. The van der Waals surface area contributed by atoms with Crippen molar-refractivity contribution < 1.29 is 4.79 Å². The van der Waals surface area contributed by atoms with E-state index < -0.39 is 0 Å². The van der Waals surface area contributed by atoms with E-state index in [1.165, 1.54) is 0 Å². The third-order valence-corrected chi connectivity index (χ3v) is 3.67. The third kappa shape index (κ3) is 3.68. The fourth-order valence-electron chi connectivity index (χ4n) is 1.95. The van der Waals surface area contributed by atoms with Crippen LogP contribution in [0.2, 0.25) is 0 Å². The normalized spacial score (nSPS) is 10.3. The summed E-state index contributed by atoms with van der Waals surface area (Å²) in [6, 6.07) is 13.4. The molecule has 3 nitrogen and oxygen atoms in total. The zero-order chi connectivity index (χ0) is 14.5. The van der Waals surface area contributed by atoms with Crippen molar-refractivity contribution in [1.82, 2.24) is 5.32 Å². The molecule has 0 radical (unpaired) electrons. The molecular weight excluding hydrogens is 316 g/mol. The van der Waals surface area contributed by atoms with Crippen molar-refractivity contribution in [2.24, 2.45) is 5.73 Å². The van der Waals surface area contributed by atoms with E-state index in [0.29, 0.717) is 18.7 Å². The number of carbonyl (C=O) groups is 1. The van der Waals surface area contributed by atoms with E-state index in [9.17, 15) is 4.79 Å². The molecule has 0 saturated heterocycles. The Morgan fingerprint density at radius 2 is 2.05 bits per heavy atom. The maximum absolute atomic E-state index is 12.1. The number of amides is 1. The lowest BCUT2D eigenvalue weighted by molar-refractivity contribution is 0.0951. The van der Waals surface area contributed by atoms with E-state index in [4.69, 9.17) is 5.73 Å². The van der Waals surface area contributed by atoms with Gasteiger partial charge in [-0.25, -0.2) is 0 Å². The molecule has 0 aliphatic carbocycles. The van der Waals surface area contributed by atoms with E-state index >= 15 is 0 Å². The monoisotopic (exact) mass is 332 g/mol. The summed E-state index contributed by atoms with van der Waals surface area (Å²) in [6.07, 6.45) is 0. The fraction of sp³-hybridized carbons (Fsp3) is 0.188. The average molecular weight is 333 g/mol. The third-order valence-electron chi connectivity index (χ3n) is 3.18. The van der Waals surface area contributed by atoms with E-state index in [-0.39, 0.29) is 5.91 Å². The molecule has 0 unspecified atom stereocenters. The lowest BCUT2D eigenvalue weighted by Crippen LogP contribution is -2.23. The zero-order valence-corrected chi connectivity index (χ0v) is 12.9. The molecule has 2 rings (SSSR count). The zero-order valence-electron chi connectivity index (χ0n) is 11.3. The number of carbonyl (C=O) groups excluding carboxylic acids is 1. The number of rotatable bonds is 4. The minimum absolute atomic E-state index is 0.0836. The summed E-state index contributed by atoms with van der Waals surface area (Å²) >= 11 is 3.44. The number of nitrogens with one attached hydrogen (secondary N) is 1. The van der Waals surface area contributed by atoms with Crippen molar-refractivity contribution in [3.8, 4) is 0 Å². The molecular formula is C16H17BrN2O. The van der Waals surface area contributed by atoms with Gasteiger partial charge in [0.15, 0.2) is 0 Å². The average Bonchev–Trinajstić information content (AvgIpc) is 2.48. The molecule has 0 heterocycles. The molecule has 20 heavy (non-hydrogen) atoms. The summed E-state index contributed by atoms with van der Waals surface area (Å²) in [6.45, 7) is 2.98. The quantitative estimate of drug-likeness (QED) is 0.903. The lowest BCUT2D eigenvalue weighted by Gasteiger charge is -2.09. The van der Waals surface area contributed by atoms with Crippen LogP contribution in [0.15, 0.2) is 46.9 Å². The number of aryl methyl sites for hydroxylation is 1. The van der Waals surface area contributed by atoms with Crippen molar-refractivity contribution in [2.45, 2.75) is 20.0 Å². The van der Waals surface area contributed by atoms with Crippen LogP contribution in [0.25, 0.3) is 0 Å². The Kier molecular flexibility index (Phi) is 4.93. The molecule has 104 valence electrons. The standard InChI is InChI=1S/C16H17BrN2O/c1-11-5-6-15(17)8-14(11)10-19-16(20)13-4-2-3-12(7-13)9-18/h2-8H,9-10,18H2,1H3,(H,19,20). The number of hydrogen-bond acceptors (Lipinski definition) is 2. The molecule has 0 aromatic heterocycles. The van der Waals surface area contributed by atoms with Crippen LogP contribution in [-0.2, 0) is 13.1 Å². The maximum Gasteiger partial charge on any atom is 0.251 e. The molecule has 2 aromatic carbocycles. The largest absolute Gasteiger partial charge is 0.348 e. The molecule has 1 amide bonds. The van der Waals surface area contributed by atoms with Crippen LogP contribution < -0.4 is 11.1 Å². The van der Waals surface area contributed by atoms with Gasteiger partial charge in [0.05, 0.1) is 0 Å². The van der Waals surface area contributed by atoms with Crippen LogP contribution in [0, 0.1) is 6.92 Å². The van der Waals surface area contributed by atoms with Crippen LogP contribution in [0.5, 0.6) is 0 Å². The van der Waals surface area contributed by atoms with Gasteiger partial charge in [0, 0.05) is 23.1 Å². The fourth-order valence-corrected chi connectivity index (χ4v) is 2.36. The highest BCUT2D eigenvalue weighted by Crippen LogP contribution is 2.16. The number of benzene rings is 2. The summed E-state index contributed by atoms with van der Waals surface area (Å²) < 4.78 is 1.01. The van der Waals surface area contributed by atoms with Gasteiger partial charge in [-0.05, 0) is 47.9 Å². The smallest absolute Gasteiger partial charge is 0.251 e. The van der Waals surface area contributed by atoms with E-state index in [0.717, 1.165) is 21.2 Å². The second-order valence-corrected chi connectivity index (χ2v) is 5.57. The SMILES string of the molecule is Cc1ccc(Br)cc1CNC(=O)c1cccc(CN)c1. The van der Waals surface area contributed by atoms with Crippen LogP contribution >= 0.6 is 15.9 Å². The van der Waals surface area contributed by atoms with Crippen LogP contribution in [0.4, 0.5) is 0 Å². The van der Waals surface area contributed by atoms with Gasteiger partial charge in [0.2, 0.25) is 0 Å². The highest BCUT2D eigenvalue weighted by Gasteiger charge is 2.07. The first kappa shape index (κ1) is 14.8. The summed E-state index contributed by atoms with van der Waals surface area (Å²) in [5, 5.41) is 2.93. The Hall–Kier alpha value is -1.65.